The Bertz CT molecular complexity index is 876. The van der Waals surface area contributed by atoms with Crippen molar-refractivity contribution in [2.75, 3.05) is 18.2 Å². The Morgan fingerprint density at radius 1 is 0.971 bits per heavy atom. The van der Waals surface area contributed by atoms with Gasteiger partial charge in [0.05, 0.1) is 16.5 Å². The van der Waals surface area contributed by atoms with E-state index in [1.807, 2.05) is 0 Å². The van der Waals surface area contributed by atoms with Gasteiger partial charge in [-0.05, 0) is 43.2 Å². The van der Waals surface area contributed by atoms with E-state index in [0.29, 0.717) is 34.7 Å². The molecule has 0 amide bonds. The molecule has 0 aliphatic heterocycles. The highest BCUT2D eigenvalue weighted by atomic mass is 32.2. The maximum absolute atomic E-state index is 12.3. The van der Waals surface area contributed by atoms with Crippen molar-refractivity contribution in [3.05, 3.63) is 18.2 Å². The first-order valence-corrected chi connectivity index (χ1v) is 14.7. The molecule has 0 saturated heterocycles. The number of unbranched alkanes of at least 4 members (excludes halogenated alkanes) is 7. The van der Waals surface area contributed by atoms with Gasteiger partial charge in [-0.15, -0.1) is 0 Å². The van der Waals surface area contributed by atoms with Crippen LogP contribution in [0.4, 0.5) is 5.69 Å². The molecule has 0 fully saturated rings. The molecule has 0 aromatic heterocycles. The second-order valence-corrected chi connectivity index (χ2v) is 12.7. The third-order valence-corrected chi connectivity index (χ3v) is 6.97. The summed E-state index contributed by atoms with van der Waals surface area (Å²) in [4.78, 5) is 11.4. The van der Waals surface area contributed by atoms with Gasteiger partial charge in [-0.1, -0.05) is 84.0 Å². The predicted octanol–water partition coefficient (Wildman–Crippen LogP) is 7.02. The molecular weight excluding hydrogens is 470 g/mol. The van der Waals surface area contributed by atoms with E-state index in [0.717, 1.165) is 19.1 Å². The molecule has 0 spiro atoms. The molecule has 0 heterocycles. The Balaban J connectivity index is 2.45. The normalized spacial score (nSPS) is 11.9. The molecule has 6 nitrogen and oxygen atoms in total. The number of thiocarbonyl (C=S) groups is 1. The van der Waals surface area contributed by atoms with Gasteiger partial charge >= 0.3 is 5.97 Å². The SMILES string of the molecule is CC(C)(C)CCCCCCCCCCC(=S)Nc1c(OCCCC(=O)O)cccc1S(C)(=O)=O. The van der Waals surface area contributed by atoms with Crippen LogP contribution in [0.5, 0.6) is 5.75 Å². The summed E-state index contributed by atoms with van der Waals surface area (Å²) in [6.07, 6.45) is 13.1. The van der Waals surface area contributed by atoms with Crippen LogP contribution in [-0.4, -0.2) is 37.3 Å². The van der Waals surface area contributed by atoms with Crippen LogP contribution in [0.1, 0.15) is 97.8 Å². The van der Waals surface area contributed by atoms with Gasteiger partial charge in [0.2, 0.25) is 0 Å². The van der Waals surface area contributed by atoms with Gasteiger partial charge < -0.3 is 15.2 Å². The molecular formula is C26H43NO5S2. The number of nitrogens with one attached hydrogen (secondary N) is 1. The Morgan fingerprint density at radius 3 is 2.12 bits per heavy atom. The lowest BCUT2D eigenvalue weighted by Crippen LogP contribution is -2.14. The standard InChI is InChI=1S/C26H43NO5S2/c1-26(2,3)19-12-10-8-6-5-7-9-11-17-23(33)27-25-21(32-20-14-18-24(28)29)15-13-16-22(25)34(4,30)31/h13,15-16H,5-12,14,17-20H2,1-4H3,(H,27,33)(H,28,29). The average molecular weight is 514 g/mol. The van der Waals surface area contributed by atoms with Crippen LogP contribution in [-0.2, 0) is 14.6 Å². The summed E-state index contributed by atoms with van der Waals surface area (Å²) in [6.45, 7) is 7.06. The van der Waals surface area contributed by atoms with Crippen LogP contribution in [0.2, 0.25) is 0 Å². The quantitative estimate of drug-likeness (QED) is 0.171. The molecule has 0 radical (unpaired) electrons. The van der Waals surface area contributed by atoms with Crippen LogP contribution >= 0.6 is 12.2 Å². The Hall–Kier alpha value is -1.67. The summed E-state index contributed by atoms with van der Waals surface area (Å²) < 4.78 is 30.2. The number of carbonyl (C=O) groups is 1. The van der Waals surface area contributed by atoms with E-state index in [-0.39, 0.29) is 17.9 Å². The lowest BCUT2D eigenvalue weighted by Gasteiger charge is -2.17. The smallest absolute Gasteiger partial charge is 0.303 e. The highest BCUT2D eigenvalue weighted by molar-refractivity contribution is 7.90. The zero-order valence-corrected chi connectivity index (χ0v) is 23.0. The number of carboxylic acids is 1. The number of sulfone groups is 1. The Kier molecular flexibility index (Phi) is 13.7. The number of benzene rings is 1. The Morgan fingerprint density at radius 2 is 1.56 bits per heavy atom. The van der Waals surface area contributed by atoms with Crippen LogP contribution < -0.4 is 10.1 Å². The van der Waals surface area contributed by atoms with Crippen LogP contribution in [0.3, 0.4) is 0 Å². The van der Waals surface area contributed by atoms with Crippen molar-refractivity contribution >= 4 is 38.7 Å². The fourth-order valence-electron chi connectivity index (χ4n) is 3.67. The molecule has 0 bridgehead atoms. The third-order valence-electron chi connectivity index (χ3n) is 5.53. The van der Waals surface area contributed by atoms with Crippen molar-refractivity contribution in [3.63, 3.8) is 0 Å². The average Bonchev–Trinajstić information content (AvgIpc) is 2.71. The number of ether oxygens (including phenoxy) is 1. The number of hydrogen-bond acceptors (Lipinski definition) is 5. The second kappa shape index (κ2) is 15.4. The maximum Gasteiger partial charge on any atom is 0.303 e. The molecule has 1 aromatic rings. The van der Waals surface area contributed by atoms with Gasteiger partial charge in [-0.3, -0.25) is 4.79 Å². The van der Waals surface area contributed by atoms with E-state index in [9.17, 15) is 13.2 Å². The first-order chi connectivity index (χ1) is 15.9. The minimum Gasteiger partial charge on any atom is -0.491 e. The highest BCUT2D eigenvalue weighted by Gasteiger charge is 2.19. The maximum atomic E-state index is 12.3. The van der Waals surface area contributed by atoms with Crippen molar-refractivity contribution in [1.82, 2.24) is 0 Å². The Labute approximate surface area is 211 Å². The number of anilines is 1. The van der Waals surface area contributed by atoms with Crippen molar-refractivity contribution in [2.45, 2.75) is 103 Å². The molecule has 2 N–H and O–H groups in total. The summed E-state index contributed by atoms with van der Waals surface area (Å²) in [5.74, 6) is -0.532. The van der Waals surface area contributed by atoms with E-state index in [4.69, 9.17) is 22.1 Å². The third kappa shape index (κ3) is 13.9. The van der Waals surface area contributed by atoms with E-state index in [2.05, 4.69) is 26.1 Å². The summed E-state index contributed by atoms with van der Waals surface area (Å²) in [5, 5.41) is 11.9. The molecule has 0 aliphatic carbocycles. The van der Waals surface area contributed by atoms with E-state index >= 15 is 0 Å². The first kappa shape index (κ1) is 30.4. The summed E-state index contributed by atoms with van der Waals surface area (Å²) >= 11 is 5.49. The van der Waals surface area contributed by atoms with Gasteiger partial charge in [-0.2, -0.15) is 0 Å². The van der Waals surface area contributed by atoms with Gasteiger partial charge in [0, 0.05) is 12.7 Å². The lowest BCUT2D eigenvalue weighted by atomic mass is 9.89. The number of aliphatic carboxylic acids is 1. The zero-order chi connectivity index (χ0) is 25.6. The highest BCUT2D eigenvalue weighted by Crippen LogP contribution is 2.32. The zero-order valence-electron chi connectivity index (χ0n) is 21.3. The van der Waals surface area contributed by atoms with Gasteiger partial charge in [-0.25, -0.2) is 8.42 Å². The fourth-order valence-corrected chi connectivity index (χ4v) is 4.77. The molecule has 0 atom stereocenters. The number of rotatable bonds is 17. The van der Waals surface area contributed by atoms with Crippen LogP contribution in [0.25, 0.3) is 0 Å². The summed E-state index contributed by atoms with van der Waals surface area (Å²) in [7, 11) is -3.49. The van der Waals surface area contributed by atoms with Crippen LogP contribution in [0, 0.1) is 5.41 Å². The molecule has 1 rings (SSSR count). The number of para-hydroxylation sites is 1. The minimum atomic E-state index is -3.49. The summed E-state index contributed by atoms with van der Waals surface area (Å²) in [5.41, 5.74) is 0.766. The van der Waals surface area contributed by atoms with Crippen LogP contribution in [0.15, 0.2) is 23.1 Å². The first-order valence-electron chi connectivity index (χ1n) is 12.4. The number of carboxylic acid groups (broad SMARTS) is 1. The predicted molar refractivity (Wildman–Crippen MR) is 144 cm³/mol. The minimum absolute atomic E-state index is 0.0101. The van der Waals surface area contributed by atoms with Crippen molar-refractivity contribution in [1.29, 1.82) is 0 Å². The van der Waals surface area contributed by atoms with Gasteiger partial charge in [0.1, 0.15) is 11.4 Å². The molecule has 8 heteroatoms. The second-order valence-electron chi connectivity index (χ2n) is 10.2. The van der Waals surface area contributed by atoms with Gasteiger partial charge in [0.15, 0.2) is 9.84 Å². The number of hydrogen-bond donors (Lipinski definition) is 2. The molecule has 0 aliphatic rings. The fraction of sp³-hybridized carbons (Fsp3) is 0.692. The van der Waals surface area contributed by atoms with Crippen molar-refractivity contribution < 1.29 is 23.1 Å². The molecule has 34 heavy (non-hydrogen) atoms. The van der Waals surface area contributed by atoms with E-state index < -0.39 is 15.8 Å². The summed E-state index contributed by atoms with van der Waals surface area (Å²) in [6, 6.07) is 4.80. The monoisotopic (exact) mass is 513 g/mol. The molecule has 1 aromatic carbocycles. The van der Waals surface area contributed by atoms with Crippen molar-refractivity contribution in [2.24, 2.45) is 5.41 Å². The molecule has 0 saturated carbocycles. The molecule has 194 valence electrons. The largest absolute Gasteiger partial charge is 0.491 e. The lowest BCUT2D eigenvalue weighted by molar-refractivity contribution is -0.137. The van der Waals surface area contributed by atoms with E-state index in [1.165, 1.54) is 51.0 Å². The van der Waals surface area contributed by atoms with Gasteiger partial charge in [0.25, 0.3) is 0 Å². The molecule has 0 unspecified atom stereocenters. The topological polar surface area (TPSA) is 92.7 Å². The van der Waals surface area contributed by atoms with E-state index in [1.54, 1.807) is 12.1 Å². The van der Waals surface area contributed by atoms with Crippen molar-refractivity contribution in [3.8, 4) is 5.75 Å².